The molecule has 0 spiro atoms. The van der Waals surface area contributed by atoms with E-state index in [4.69, 9.17) is 4.74 Å². The van der Waals surface area contributed by atoms with E-state index in [0.717, 1.165) is 37.0 Å². The summed E-state index contributed by atoms with van der Waals surface area (Å²) in [6.45, 7) is 4.35. The Bertz CT molecular complexity index is 371. The van der Waals surface area contributed by atoms with Crippen molar-refractivity contribution in [2.45, 2.75) is 103 Å². The molecule has 0 aliphatic heterocycles. The van der Waals surface area contributed by atoms with Gasteiger partial charge in [-0.2, -0.15) is 0 Å². The van der Waals surface area contributed by atoms with E-state index < -0.39 is 0 Å². The fourth-order valence-corrected chi connectivity index (χ4v) is 4.64. The predicted octanol–water partition coefficient (Wildman–Crippen LogP) is 6.44. The van der Waals surface area contributed by atoms with E-state index in [1.165, 1.54) is 64.2 Å². The third-order valence-corrected chi connectivity index (χ3v) is 6.21. The molecule has 2 fully saturated rings. The zero-order valence-electron chi connectivity index (χ0n) is 16.0. The fraction of sp³-hybridized carbons (Fsp3) is 0.864. The molecule has 0 radical (unpaired) electrons. The molecule has 138 valence electrons. The number of hydrogen-bond donors (Lipinski definition) is 0. The lowest BCUT2D eigenvalue weighted by molar-refractivity contribution is -0.144. The lowest BCUT2D eigenvalue weighted by Crippen LogP contribution is -2.24. The molecule has 0 aromatic heterocycles. The lowest BCUT2D eigenvalue weighted by Gasteiger charge is -2.31. The maximum absolute atomic E-state index is 11.6. The molecule has 0 amide bonds. The third-order valence-electron chi connectivity index (χ3n) is 6.21. The van der Waals surface area contributed by atoms with Gasteiger partial charge in [-0.1, -0.05) is 71.3 Å². The topological polar surface area (TPSA) is 26.3 Å². The second-order valence-electron chi connectivity index (χ2n) is 8.14. The molecule has 2 aliphatic carbocycles. The van der Waals surface area contributed by atoms with E-state index in [2.05, 4.69) is 6.92 Å². The number of esters is 1. The van der Waals surface area contributed by atoms with Crippen molar-refractivity contribution in [3.63, 3.8) is 0 Å². The van der Waals surface area contributed by atoms with E-state index in [1.807, 2.05) is 13.0 Å². The van der Waals surface area contributed by atoms with Crippen molar-refractivity contribution in [1.82, 2.24) is 0 Å². The number of rotatable bonds is 8. The first-order valence-electron chi connectivity index (χ1n) is 10.6. The van der Waals surface area contributed by atoms with Crippen LogP contribution in [0.4, 0.5) is 0 Å². The largest absolute Gasteiger partial charge is 0.459 e. The zero-order valence-corrected chi connectivity index (χ0v) is 16.0. The van der Waals surface area contributed by atoms with E-state index in [-0.39, 0.29) is 12.1 Å². The first kappa shape index (κ1) is 19.5. The van der Waals surface area contributed by atoms with Crippen molar-refractivity contribution >= 4 is 5.97 Å². The van der Waals surface area contributed by atoms with Crippen molar-refractivity contribution in [2.24, 2.45) is 17.8 Å². The van der Waals surface area contributed by atoms with Crippen LogP contribution >= 0.6 is 0 Å². The van der Waals surface area contributed by atoms with Crippen LogP contribution in [0.1, 0.15) is 97.3 Å². The van der Waals surface area contributed by atoms with Crippen LogP contribution in [0.15, 0.2) is 12.2 Å². The van der Waals surface area contributed by atoms with Crippen molar-refractivity contribution in [1.29, 1.82) is 0 Å². The van der Waals surface area contributed by atoms with Gasteiger partial charge in [-0.05, 0) is 49.9 Å². The number of carbonyl (C=O) groups excluding carboxylic acids is 1. The number of carbonyl (C=O) groups is 1. The highest BCUT2D eigenvalue weighted by atomic mass is 16.5. The molecule has 24 heavy (non-hydrogen) atoms. The molecule has 0 bridgehead atoms. The highest BCUT2D eigenvalue weighted by Crippen LogP contribution is 2.36. The van der Waals surface area contributed by atoms with E-state index in [0.29, 0.717) is 0 Å². The molecule has 2 rings (SSSR count). The summed E-state index contributed by atoms with van der Waals surface area (Å²) in [6, 6.07) is 0. The van der Waals surface area contributed by atoms with E-state index in [1.54, 1.807) is 6.08 Å². The molecule has 0 aromatic rings. The molecule has 2 aliphatic rings. The standard InChI is InChI=1S/C22H38O2/c1-3-5-7-22(23)24-21-16-14-20(15-17-21)13-12-19-10-8-18(6-4-2)9-11-19/h5,7,18-21H,3-4,6,8-17H2,1-2H3. The van der Waals surface area contributed by atoms with Crippen LogP contribution in [-0.4, -0.2) is 12.1 Å². The second kappa shape index (κ2) is 10.9. The molecule has 0 atom stereocenters. The van der Waals surface area contributed by atoms with Crippen molar-refractivity contribution in [2.75, 3.05) is 0 Å². The summed E-state index contributed by atoms with van der Waals surface area (Å²) in [6.07, 6.45) is 20.7. The van der Waals surface area contributed by atoms with Crippen molar-refractivity contribution in [3.8, 4) is 0 Å². The molecular formula is C22H38O2. The summed E-state index contributed by atoms with van der Waals surface area (Å²) in [4.78, 5) is 11.6. The van der Waals surface area contributed by atoms with Crippen LogP contribution in [0.25, 0.3) is 0 Å². The van der Waals surface area contributed by atoms with Crippen LogP contribution < -0.4 is 0 Å². The Balaban J connectivity index is 1.57. The van der Waals surface area contributed by atoms with Crippen LogP contribution in [0.5, 0.6) is 0 Å². The molecule has 0 saturated heterocycles. The maximum atomic E-state index is 11.6. The van der Waals surface area contributed by atoms with Crippen LogP contribution in [0, 0.1) is 17.8 Å². The van der Waals surface area contributed by atoms with Crippen LogP contribution in [0.3, 0.4) is 0 Å². The highest BCUT2D eigenvalue weighted by molar-refractivity contribution is 5.82. The van der Waals surface area contributed by atoms with E-state index >= 15 is 0 Å². The van der Waals surface area contributed by atoms with Gasteiger partial charge in [0.05, 0.1) is 0 Å². The smallest absolute Gasteiger partial charge is 0.330 e. The molecule has 0 N–H and O–H groups in total. The predicted molar refractivity (Wildman–Crippen MR) is 101 cm³/mol. The summed E-state index contributed by atoms with van der Waals surface area (Å²) in [5, 5.41) is 0. The fourth-order valence-electron chi connectivity index (χ4n) is 4.64. The van der Waals surface area contributed by atoms with Gasteiger partial charge in [0.1, 0.15) is 6.10 Å². The maximum Gasteiger partial charge on any atom is 0.330 e. The first-order chi connectivity index (χ1) is 11.7. The second-order valence-corrected chi connectivity index (χ2v) is 8.14. The molecule has 0 heterocycles. The van der Waals surface area contributed by atoms with Gasteiger partial charge in [-0.3, -0.25) is 0 Å². The Morgan fingerprint density at radius 1 is 0.833 bits per heavy atom. The number of hydrogen-bond acceptors (Lipinski definition) is 2. The minimum absolute atomic E-state index is 0.149. The summed E-state index contributed by atoms with van der Waals surface area (Å²) >= 11 is 0. The van der Waals surface area contributed by atoms with E-state index in [9.17, 15) is 4.79 Å². The lowest BCUT2D eigenvalue weighted by atomic mass is 9.76. The van der Waals surface area contributed by atoms with Crippen molar-refractivity contribution in [3.05, 3.63) is 12.2 Å². The summed E-state index contributed by atoms with van der Waals surface area (Å²) in [7, 11) is 0. The molecule has 2 nitrogen and oxygen atoms in total. The molecule has 0 aromatic carbocycles. The number of ether oxygens (including phenoxy) is 1. The molecular weight excluding hydrogens is 296 g/mol. The molecule has 2 heteroatoms. The number of allylic oxidation sites excluding steroid dienone is 1. The van der Waals surface area contributed by atoms with Gasteiger partial charge in [0.2, 0.25) is 0 Å². The third kappa shape index (κ3) is 6.99. The molecule has 2 saturated carbocycles. The minimum atomic E-state index is -0.149. The summed E-state index contributed by atoms with van der Waals surface area (Å²) in [5.74, 6) is 2.75. The zero-order chi connectivity index (χ0) is 17.2. The van der Waals surface area contributed by atoms with Crippen LogP contribution in [-0.2, 0) is 9.53 Å². The van der Waals surface area contributed by atoms with Gasteiger partial charge < -0.3 is 4.74 Å². The van der Waals surface area contributed by atoms with Gasteiger partial charge in [-0.15, -0.1) is 0 Å². The highest BCUT2D eigenvalue weighted by Gasteiger charge is 2.25. The Morgan fingerprint density at radius 3 is 1.83 bits per heavy atom. The normalized spacial score (nSPS) is 31.2. The monoisotopic (exact) mass is 334 g/mol. The van der Waals surface area contributed by atoms with Gasteiger partial charge >= 0.3 is 5.97 Å². The first-order valence-corrected chi connectivity index (χ1v) is 10.6. The Hall–Kier alpha value is -0.790. The van der Waals surface area contributed by atoms with Crippen molar-refractivity contribution < 1.29 is 9.53 Å². The molecule has 0 unspecified atom stereocenters. The quantitative estimate of drug-likeness (QED) is 0.377. The SMILES string of the molecule is CCC=CC(=O)OC1CCC(CCC2CCC(CCC)CC2)CC1. The minimum Gasteiger partial charge on any atom is -0.459 e. The Labute approximate surface area is 149 Å². The average molecular weight is 335 g/mol. The van der Waals surface area contributed by atoms with Gasteiger partial charge in [0.15, 0.2) is 0 Å². The Morgan fingerprint density at radius 2 is 1.33 bits per heavy atom. The summed E-state index contributed by atoms with van der Waals surface area (Å²) < 4.78 is 5.55. The van der Waals surface area contributed by atoms with Crippen LogP contribution in [0.2, 0.25) is 0 Å². The van der Waals surface area contributed by atoms with Gasteiger partial charge in [0.25, 0.3) is 0 Å². The van der Waals surface area contributed by atoms with Gasteiger partial charge in [-0.25, -0.2) is 4.79 Å². The summed E-state index contributed by atoms with van der Waals surface area (Å²) in [5.41, 5.74) is 0. The van der Waals surface area contributed by atoms with Gasteiger partial charge in [0, 0.05) is 6.08 Å². The Kier molecular flexibility index (Phi) is 8.91. The average Bonchev–Trinajstić information content (AvgIpc) is 2.61.